The fourth-order valence-corrected chi connectivity index (χ4v) is 3.02. The smallest absolute Gasteiger partial charge is 0.326 e. The molecule has 7 nitrogen and oxygen atoms in total. The molecule has 3 amide bonds. The summed E-state index contributed by atoms with van der Waals surface area (Å²) in [4.78, 5) is 28.5. The molecule has 1 aliphatic rings. The molecule has 1 aliphatic heterocycles. The van der Waals surface area contributed by atoms with Gasteiger partial charge in [0, 0.05) is 6.54 Å². The molecule has 0 unspecified atom stereocenters. The Kier molecular flexibility index (Phi) is 7.89. The van der Waals surface area contributed by atoms with Crippen LogP contribution in [0.1, 0.15) is 32.3 Å². The molecule has 0 aliphatic carbocycles. The van der Waals surface area contributed by atoms with E-state index < -0.39 is 11.4 Å². The van der Waals surface area contributed by atoms with E-state index in [9.17, 15) is 9.59 Å². The molecule has 1 fully saturated rings. The monoisotopic (exact) mass is 383 g/mol. The summed E-state index contributed by atoms with van der Waals surface area (Å²) in [5.74, 6) is 1.50. The molecule has 1 saturated heterocycles. The molecule has 144 valence electrons. The third kappa shape index (κ3) is 4.27. The first kappa shape index (κ1) is 21.8. The lowest BCUT2D eigenvalue weighted by Crippen LogP contribution is -2.62. The van der Waals surface area contributed by atoms with E-state index in [-0.39, 0.29) is 18.3 Å². The van der Waals surface area contributed by atoms with Gasteiger partial charge < -0.3 is 9.47 Å². The van der Waals surface area contributed by atoms with Gasteiger partial charge in [0.25, 0.3) is 0 Å². The molecule has 2 rings (SSSR count). The normalized spacial score (nSPS) is 17.2. The molecule has 0 atom stereocenters. The van der Waals surface area contributed by atoms with Gasteiger partial charge in [-0.15, -0.1) is 12.4 Å². The second-order valence-corrected chi connectivity index (χ2v) is 5.87. The van der Waals surface area contributed by atoms with E-state index in [4.69, 9.17) is 9.47 Å². The first-order valence-electron chi connectivity index (χ1n) is 8.39. The van der Waals surface area contributed by atoms with Gasteiger partial charge in [-0.25, -0.2) is 4.79 Å². The van der Waals surface area contributed by atoms with E-state index in [0.29, 0.717) is 43.1 Å². The zero-order chi connectivity index (χ0) is 18.4. The average Bonchev–Trinajstić information content (AvgIpc) is 2.62. The number of rotatable bonds is 7. The summed E-state index contributed by atoms with van der Waals surface area (Å²) in [5.41, 5.74) is 0.262. The number of benzene rings is 1. The first-order chi connectivity index (χ1) is 12.0. The summed E-state index contributed by atoms with van der Waals surface area (Å²) in [6.07, 6.45) is 1.81. The topological polar surface area (TPSA) is 89.0 Å². The molecule has 0 bridgehead atoms. The highest BCUT2D eigenvalue weighted by Gasteiger charge is 2.45. The maximum absolute atomic E-state index is 12.3. The number of imide groups is 1. The molecule has 0 spiro atoms. The third-order valence-corrected chi connectivity index (χ3v) is 4.67. The third-order valence-electron chi connectivity index (χ3n) is 4.67. The van der Waals surface area contributed by atoms with Crippen molar-refractivity contribution in [2.75, 3.05) is 20.8 Å². The minimum Gasteiger partial charge on any atom is -0.493 e. The summed E-state index contributed by atoms with van der Waals surface area (Å²) in [7, 11) is 3.18. The van der Waals surface area contributed by atoms with E-state index in [1.807, 2.05) is 32.0 Å². The lowest BCUT2D eigenvalue weighted by atomic mass is 9.78. The SMILES string of the molecule is CCC1(CC)C(=O)NC(=O)NC1=NCCc1ccc(OC)c(OC)c1.Cl. The largest absolute Gasteiger partial charge is 0.493 e. The summed E-state index contributed by atoms with van der Waals surface area (Å²) in [6, 6.07) is 5.17. The van der Waals surface area contributed by atoms with E-state index in [1.165, 1.54) is 0 Å². The van der Waals surface area contributed by atoms with Gasteiger partial charge in [0.15, 0.2) is 11.5 Å². The van der Waals surface area contributed by atoms with E-state index >= 15 is 0 Å². The lowest BCUT2D eigenvalue weighted by molar-refractivity contribution is -0.127. The van der Waals surface area contributed by atoms with Crippen molar-refractivity contribution in [3.05, 3.63) is 23.8 Å². The fraction of sp³-hybridized carbons (Fsp3) is 0.500. The van der Waals surface area contributed by atoms with E-state index in [0.717, 1.165) is 5.56 Å². The number of methoxy groups -OCH3 is 2. The number of nitrogens with zero attached hydrogens (tertiary/aromatic N) is 1. The summed E-state index contributed by atoms with van der Waals surface area (Å²) >= 11 is 0. The van der Waals surface area contributed by atoms with Crippen molar-refractivity contribution in [2.24, 2.45) is 10.4 Å². The van der Waals surface area contributed by atoms with Gasteiger partial charge in [0.05, 0.1) is 14.2 Å². The maximum Gasteiger partial charge on any atom is 0.326 e. The number of halogens is 1. The molecule has 1 aromatic carbocycles. The number of aliphatic imine (C=N–C) groups is 1. The number of nitrogens with one attached hydrogen (secondary N) is 2. The Labute approximate surface area is 160 Å². The van der Waals surface area contributed by atoms with Crippen LogP contribution in [0.3, 0.4) is 0 Å². The van der Waals surface area contributed by atoms with Gasteiger partial charge in [-0.3, -0.25) is 20.4 Å². The van der Waals surface area contributed by atoms with Crippen molar-refractivity contribution in [3.63, 3.8) is 0 Å². The van der Waals surface area contributed by atoms with Crippen LogP contribution in [-0.4, -0.2) is 38.5 Å². The number of carbonyl (C=O) groups excluding carboxylic acids is 2. The Hall–Kier alpha value is -2.28. The predicted molar refractivity (Wildman–Crippen MR) is 102 cm³/mol. The Morgan fingerprint density at radius 1 is 1.04 bits per heavy atom. The van der Waals surface area contributed by atoms with Crippen LogP contribution in [0, 0.1) is 5.41 Å². The molecule has 1 aromatic rings. The van der Waals surface area contributed by atoms with Crippen molar-refractivity contribution < 1.29 is 19.1 Å². The molecule has 26 heavy (non-hydrogen) atoms. The van der Waals surface area contributed by atoms with Crippen LogP contribution in [0.5, 0.6) is 11.5 Å². The molecular weight excluding hydrogens is 358 g/mol. The second-order valence-electron chi connectivity index (χ2n) is 5.87. The summed E-state index contributed by atoms with van der Waals surface area (Å²) in [6.45, 7) is 4.30. The predicted octanol–water partition coefficient (Wildman–Crippen LogP) is 2.71. The van der Waals surface area contributed by atoms with Crippen molar-refractivity contribution in [1.82, 2.24) is 10.6 Å². The van der Waals surface area contributed by atoms with Crippen molar-refractivity contribution >= 4 is 30.2 Å². The Morgan fingerprint density at radius 3 is 2.27 bits per heavy atom. The molecular formula is C18H26ClN3O4. The minimum atomic E-state index is -0.772. The standard InChI is InChI=1S/C18H25N3O4.ClH/c1-5-18(6-2)15(20-17(23)21-16(18)22)19-10-9-12-7-8-13(24-3)14(11-12)25-4;/h7-8,11H,5-6,9-10H2,1-4H3,(H2,19,20,21,22,23);1H. The molecule has 0 saturated carbocycles. The van der Waals surface area contributed by atoms with Crippen molar-refractivity contribution in [2.45, 2.75) is 33.1 Å². The van der Waals surface area contributed by atoms with Crippen LogP contribution < -0.4 is 20.1 Å². The van der Waals surface area contributed by atoms with Crippen LogP contribution in [0.2, 0.25) is 0 Å². The van der Waals surface area contributed by atoms with Gasteiger partial charge in [0.2, 0.25) is 5.91 Å². The summed E-state index contributed by atoms with van der Waals surface area (Å²) < 4.78 is 10.5. The van der Waals surface area contributed by atoms with Gasteiger partial charge in [-0.2, -0.15) is 0 Å². The molecule has 0 aromatic heterocycles. The van der Waals surface area contributed by atoms with Gasteiger partial charge in [0.1, 0.15) is 11.3 Å². The lowest BCUT2D eigenvalue weighted by Gasteiger charge is -2.35. The summed E-state index contributed by atoms with van der Waals surface area (Å²) in [5, 5.41) is 5.04. The number of ether oxygens (including phenoxy) is 2. The number of hydrogen-bond acceptors (Lipinski definition) is 5. The van der Waals surface area contributed by atoms with Gasteiger partial charge in [-0.05, 0) is 37.0 Å². The van der Waals surface area contributed by atoms with Crippen LogP contribution in [-0.2, 0) is 11.2 Å². The van der Waals surface area contributed by atoms with Gasteiger partial charge >= 0.3 is 6.03 Å². The number of urea groups is 1. The Bertz CT molecular complexity index is 687. The highest BCUT2D eigenvalue weighted by Crippen LogP contribution is 2.30. The highest BCUT2D eigenvalue weighted by atomic mass is 35.5. The quantitative estimate of drug-likeness (QED) is 0.757. The van der Waals surface area contributed by atoms with E-state index in [1.54, 1.807) is 14.2 Å². The maximum atomic E-state index is 12.3. The second kappa shape index (κ2) is 9.43. The first-order valence-corrected chi connectivity index (χ1v) is 8.39. The molecule has 1 heterocycles. The number of hydrogen-bond donors (Lipinski definition) is 2. The van der Waals surface area contributed by atoms with Crippen LogP contribution >= 0.6 is 12.4 Å². The zero-order valence-corrected chi connectivity index (χ0v) is 16.4. The fourth-order valence-electron chi connectivity index (χ4n) is 3.02. The Morgan fingerprint density at radius 2 is 1.69 bits per heavy atom. The van der Waals surface area contributed by atoms with E-state index in [2.05, 4.69) is 15.6 Å². The number of amides is 3. The van der Waals surface area contributed by atoms with Crippen LogP contribution in [0.15, 0.2) is 23.2 Å². The van der Waals surface area contributed by atoms with Crippen LogP contribution in [0.25, 0.3) is 0 Å². The zero-order valence-electron chi connectivity index (χ0n) is 15.5. The number of amidine groups is 1. The highest BCUT2D eigenvalue weighted by molar-refractivity contribution is 6.20. The average molecular weight is 384 g/mol. The minimum absolute atomic E-state index is 0. The van der Waals surface area contributed by atoms with Crippen molar-refractivity contribution in [1.29, 1.82) is 0 Å². The van der Waals surface area contributed by atoms with Crippen molar-refractivity contribution in [3.8, 4) is 11.5 Å². The van der Waals surface area contributed by atoms with Gasteiger partial charge in [-0.1, -0.05) is 19.9 Å². The van der Waals surface area contributed by atoms with Crippen LogP contribution in [0.4, 0.5) is 4.79 Å². The molecule has 2 N–H and O–H groups in total. The Balaban J connectivity index is 0.00000338. The molecule has 0 radical (unpaired) electrons. The number of carbonyl (C=O) groups is 2. The molecule has 8 heteroatoms.